The average Bonchev–Trinajstić information content (AvgIpc) is 3.06. The molecule has 0 aliphatic rings. The van der Waals surface area contributed by atoms with E-state index in [0.717, 1.165) is 169 Å². The van der Waals surface area contributed by atoms with Crippen LogP contribution in [0.15, 0.2) is 225 Å². The zero-order chi connectivity index (χ0) is 66.4. The van der Waals surface area contributed by atoms with Gasteiger partial charge in [0.15, 0.2) is 0 Å². The molecule has 0 bridgehead atoms. The van der Waals surface area contributed by atoms with Gasteiger partial charge >= 0.3 is 0 Å². The van der Waals surface area contributed by atoms with Gasteiger partial charge in [0.25, 0.3) is 0 Å². The minimum Gasteiger partial charge on any atom is -0.497 e. The third-order valence-corrected chi connectivity index (χ3v) is 16.3. The largest absolute Gasteiger partial charge is 0.497 e. The fourth-order valence-corrected chi connectivity index (χ4v) is 10.5. The maximum absolute atomic E-state index is 6.03. The van der Waals surface area contributed by atoms with E-state index in [0.29, 0.717) is 13.2 Å². The Morgan fingerprint density at radius 3 is 0.562 bits per heavy atom. The van der Waals surface area contributed by atoms with Gasteiger partial charge in [-0.1, -0.05) is 103 Å². The first kappa shape index (κ1) is 72.5. The van der Waals surface area contributed by atoms with Crippen molar-refractivity contribution >= 4 is 46.6 Å². The number of methoxy groups -OCH3 is 2. The van der Waals surface area contributed by atoms with Crippen molar-refractivity contribution in [2.75, 3.05) is 53.9 Å². The lowest BCUT2D eigenvalue weighted by atomic mass is 10.1. The molecular weight excluding hydrogens is 1200 g/mol. The van der Waals surface area contributed by atoms with E-state index in [1.54, 1.807) is 14.2 Å². The zero-order valence-electron chi connectivity index (χ0n) is 56.8. The number of unbranched alkanes of at least 4 members (excludes halogenated alkanes) is 21. The molecule has 0 heterocycles. The van der Waals surface area contributed by atoms with E-state index >= 15 is 0 Å². The smallest absolute Gasteiger partial charge is 0.119 e. The van der Waals surface area contributed by atoms with Crippen LogP contribution in [0, 0.1) is 0 Å². The summed E-state index contributed by atoms with van der Waals surface area (Å²) in [4.78, 5) is 9.35. The van der Waals surface area contributed by atoms with Crippen LogP contribution in [-0.4, -0.2) is 66.3 Å². The van der Waals surface area contributed by atoms with E-state index in [9.17, 15) is 0 Å². The highest BCUT2D eigenvalue weighted by Gasteiger charge is 2.05. The van der Waals surface area contributed by atoms with Crippen LogP contribution in [0.2, 0.25) is 0 Å². The number of ether oxygens (including phenoxy) is 8. The average molecular weight is 1300 g/mol. The van der Waals surface area contributed by atoms with Crippen LogP contribution in [0.25, 0.3) is 0 Å². The molecule has 8 aromatic rings. The molecule has 0 saturated heterocycles. The van der Waals surface area contributed by atoms with Gasteiger partial charge in [-0.15, -0.1) is 0 Å². The summed E-state index contributed by atoms with van der Waals surface area (Å²) in [5, 5.41) is 17.2. The molecule has 0 spiro atoms. The number of rotatable bonds is 49. The molecule has 0 amide bonds. The lowest BCUT2D eigenvalue weighted by Crippen LogP contribution is -1.99. The molecule has 0 atom stereocenters. The lowest BCUT2D eigenvalue weighted by Gasteiger charge is -2.08. The van der Waals surface area contributed by atoms with Gasteiger partial charge in [0, 0.05) is 12.4 Å². The molecule has 0 saturated carbocycles. The van der Waals surface area contributed by atoms with Crippen molar-refractivity contribution in [3.63, 3.8) is 0 Å². The highest BCUT2D eigenvalue weighted by Crippen LogP contribution is 2.27. The zero-order valence-corrected chi connectivity index (χ0v) is 56.8. The third-order valence-electron chi connectivity index (χ3n) is 16.3. The van der Waals surface area contributed by atoms with Gasteiger partial charge in [-0.3, -0.25) is 9.98 Å². The second kappa shape index (κ2) is 45.1. The molecule has 0 aliphatic carbocycles. The van der Waals surface area contributed by atoms with Gasteiger partial charge in [-0.2, -0.15) is 20.5 Å². The van der Waals surface area contributed by atoms with Crippen molar-refractivity contribution in [2.24, 2.45) is 30.4 Å². The van der Waals surface area contributed by atoms with Crippen molar-refractivity contribution in [3.05, 3.63) is 205 Å². The van der Waals surface area contributed by atoms with Crippen LogP contribution in [0.5, 0.6) is 46.0 Å². The quantitative estimate of drug-likeness (QED) is 0.0208. The highest BCUT2D eigenvalue weighted by atomic mass is 16.5. The van der Waals surface area contributed by atoms with Crippen LogP contribution >= 0.6 is 0 Å². The molecular formula is C82H100N6O8. The summed E-state index contributed by atoms with van der Waals surface area (Å²) in [6.45, 7) is 4.33. The summed E-state index contributed by atoms with van der Waals surface area (Å²) >= 11 is 0. The highest BCUT2D eigenvalue weighted by molar-refractivity contribution is 5.82. The minimum absolute atomic E-state index is 0.684. The molecule has 506 valence electrons. The van der Waals surface area contributed by atoms with Crippen molar-refractivity contribution < 1.29 is 37.9 Å². The van der Waals surface area contributed by atoms with Crippen molar-refractivity contribution in [1.82, 2.24) is 0 Å². The Morgan fingerprint density at radius 2 is 0.365 bits per heavy atom. The summed E-state index contributed by atoms with van der Waals surface area (Å²) in [5.74, 6) is 6.86. The second-order valence-electron chi connectivity index (χ2n) is 24.0. The molecule has 0 aromatic heterocycles. The van der Waals surface area contributed by atoms with Crippen LogP contribution in [0.3, 0.4) is 0 Å². The Kier molecular flexibility index (Phi) is 34.1. The Morgan fingerprint density at radius 1 is 0.198 bits per heavy atom. The predicted octanol–water partition coefficient (Wildman–Crippen LogP) is 23.8. The fraction of sp³-hybridized carbons (Fsp3) is 0.390. The van der Waals surface area contributed by atoms with Crippen molar-refractivity contribution in [1.29, 1.82) is 0 Å². The second-order valence-corrected chi connectivity index (χ2v) is 24.0. The number of hydrogen-bond donors (Lipinski definition) is 0. The molecule has 96 heavy (non-hydrogen) atoms. The van der Waals surface area contributed by atoms with Gasteiger partial charge in [0.05, 0.1) is 88.0 Å². The Labute approximate surface area is 571 Å². The van der Waals surface area contributed by atoms with E-state index in [1.807, 2.05) is 182 Å². The molecule has 0 N–H and O–H groups in total. The standard InChI is InChI=1S/C82H100N6O8/c1-89-75-47-35-71(36-48-75)85-87-73-39-55-81(56-40-73)95-61-23-17-13-9-5-3-7-11-15-21-59-91-77-43-27-67(28-44-77)65-83-69-31-51-79(52-32-69)93-63-25-19-20-26-64-94-80-53-33-70(34-54-80)84-66-68-29-45-78(46-30-68)92-60-22-16-12-8-4-6-10-14-18-24-62-96-82-57-41-74(42-58-82)88-86-72-37-49-76(90-2)50-38-72/h27-58,65-66H,3-26,59-64H2,1-2H3. The Bertz CT molecular complexity index is 3200. The van der Waals surface area contributed by atoms with Crippen molar-refractivity contribution in [2.45, 2.75) is 154 Å². The van der Waals surface area contributed by atoms with Gasteiger partial charge in [-0.05, 0) is 257 Å². The van der Waals surface area contributed by atoms with Crippen LogP contribution < -0.4 is 37.9 Å². The number of benzene rings is 8. The summed E-state index contributed by atoms with van der Waals surface area (Å²) < 4.78 is 46.4. The first-order valence-corrected chi connectivity index (χ1v) is 35.1. The summed E-state index contributed by atoms with van der Waals surface area (Å²) in [7, 11) is 3.30. The van der Waals surface area contributed by atoms with Crippen LogP contribution in [0.1, 0.15) is 165 Å². The van der Waals surface area contributed by atoms with E-state index in [2.05, 4.69) is 54.7 Å². The molecule has 0 aliphatic heterocycles. The third kappa shape index (κ3) is 30.4. The summed E-state index contributed by atoms with van der Waals surface area (Å²) in [6, 6.07) is 62.8. The SMILES string of the molecule is COc1ccc(N=Nc2ccc(OCCCCCCCCCCCCOc3ccc(C=Nc4ccc(OCCCCCCOc5ccc(N=Cc6ccc(OCCCCCCCCCCCCOc7ccc(N=Nc8ccc(OC)cc8)cc7)cc6)cc5)cc4)cc3)cc2)cc1. The summed E-state index contributed by atoms with van der Waals surface area (Å²) in [6.07, 6.45) is 32.4. The van der Waals surface area contributed by atoms with Crippen LogP contribution in [0.4, 0.5) is 34.1 Å². The molecule has 14 nitrogen and oxygen atoms in total. The van der Waals surface area contributed by atoms with Gasteiger partial charge < -0.3 is 37.9 Å². The molecule has 0 fully saturated rings. The maximum atomic E-state index is 6.03. The predicted molar refractivity (Wildman–Crippen MR) is 391 cm³/mol. The van der Waals surface area contributed by atoms with Gasteiger partial charge in [-0.25, -0.2) is 0 Å². The number of hydrogen-bond acceptors (Lipinski definition) is 14. The van der Waals surface area contributed by atoms with E-state index < -0.39 is 0 Å². The molecule has 0 radical (unpaired) electrons. The Hall–Kier alpha value is -9.30. The molecule has 8 rings (SSSR count). The number of aliphatic imine (C=N–C) groups is 2. The topological polar surface area (TPSA) is 148 Å². The monoisotopic (exact) mass is 1300 g/mol. The van der Waals surface area contributed by atoms with Crippen LogP contribution in [-0.2, 0) is 0 Å². The molecule has 14 heteroatoms. The fourth-order valence-electron chi connectivity index (χ4n) is 10.5. The first-order valence-electron chi connectivity index (χ1n) is 35.1. The number of nitrogens with zero attached hydrogens (tertiary/aromatic N) is 6. The maximum Gasteiger partial charge on any atom is 0.119 e. The minimum atomic E-state index is 0.684. The number of azo groups is 2. The molecule has 0 unspecified atom stereocenters. The summed E-state index contributed by atoms with van der Waals surface area (Å²) in [5.41, 5.74) is 6.99. The lowest BCUT2D eigenvalue weighted by molar-refractivity contribution is 0.287. The normalized spacial score (nSPS) is 11.5. The van der Waals surface area contributed by atoms with E-state index in [1.165, 1.54) is 103 Å². The van der Waals surface area contributed by atoms with E-state index in [4.69, 9.17) is 37.9 Å². The molecule has 8 aromatic carbocycles. The van der Waals surface area contributed by atoms with E-state index in [-0.39, 0.29) is 0 Å². The first-order chi connectivity index (χ1) is 47.5. The Balaban J connectivity index is 0.544. The van der Waals surface area contributed by atoms with Gasteiger partial charge in [0.2, 0.25) is 0 Å². The van der Waals surface area contributed by atoms with Gasteiger partial charge in [0.1, 0.15) is 46.0 Å². The van der Waals surface area contributed by atoms with Crippen molar-refractivity contribution in [3.8, 4) is 46.0 Å².